The molecule has 0 bridgehead atoms. The van der Waals surface area contributed by atoms with Gasteiger partial charge in [-0.15, -0.1) is 0 Å². The highest BCUT2D eigenvalue weighted by atomic mass is 19.1. The normalized spacial score (nSPS) is 20.7. The summed E-state index contributed by atoms with van der Waals surface area (Å²) in [6.45, 7) is 2.33. The second-order valence-corrected chi connectivity index (χ2v) is 8.51. The number of methoxy groups -OCH3 is 1. The average Bonchev–Trinajstić information content (AvgIpc) is 3.13. The van der Waals surface area contributed by atoms with E-state index < -0.39 is 0 Å². The number of rotatable bonds is 4. The lowest BCUT2D eigenvalue weighted by molar-refractivity contribution is 0.135. The Morgan fingerprint density at radius 3 is 2.97 bits per heavy atom. The van der Waals surface area contributed by atoms with Crippen LogP contribution in [0.1, 0.15) is 36.1 Å². The average molecular weight is 420 g/mol. The summed E-state index contributed by atoms with van der Waals surface area (Å²) in [5.41, 5.74) is 3.17. The van der Waals surface area contributed by atoms with Gasteiger partial charge >= 0.3 is 0 Å². The molecule has 0 amide bonds. The van der Waals surface area contributed by atoms with Crippen molar-refractivity contribution in [2.24, 2.45) is 0 Å². The van der Waals surface area contributed by atoms with Gasteiger partial charge in [-0.2, -0.15) is 0 Å². The summed E-state index contributed by atoms with van der Waals surface area (Å²) in [6.07, 6.45) is 7.08. The molecular weight excluding hydrogens is 395 g/mol. The van der Waals surface area contributed by atoms with Gasteiger partial charge in [0.2, 0.25) is 0 Å². The van der Waals surface area contributed by atoms with E-state index in [-0.39, 0.29) is 16.8 Å². The standard InChI is InChI=1S/C24H25FN4O2/c1-31-20-17(5-2-7-19(20)25)14-29-12-4-9-24(15-29)10-8-18-21(24)27-22(28-23(18)30)16-6-3-11-26-13-16/h2-3,5-7,11,13H,4,8-10,12,14-15H2,1H3,(H,27,28,30). The first kappa shape index (κ1) is 19.9. The van der Waals surface area contributed by atoms with Gasteiger partial charge in [-0.05, 0) is 50.4 Å². The number of aromatic nitrogens is 3. The van der Waals surface area contributed by atoms with Gasteiger partial charge in [-0.1, -0.05) is 12.1 Å². The minimum absolute atomic E-state index is 0.0512. The van der Waals surface area contributed by atoms with Gasteiger partial charge in [0, 0.05) is 47.6 Å². The minimum atomic E-state index is -0.341. The number of nitrogens with one attached hydrogen (secondary N) is 1. The monoisotopic (exact) mass is 420 g/mol. The van der Waals surface area contributed by atoms with Crippen LogP contribution >= 0.6 is 0 Å². The fraction of sp³-hybridized carbons (Fsp3) is 0.375. The fourth-order valence-corrected chi connectivity index (χ4v) is 5.20. The van der Waals surface area contributed by atoms with Crippen LogP contribution < -0.4 is 10.3 Å². The summed E-state index contributed by atoms with van der Waals surface area (Å²) < 4.78 is 19.5. The Balaban J connectivity index is 1.48. The van der Waals surface area contributed by atoms with Crippen molar-refractivity contribution in [3.63, 3.8) is 0 Å². The molecule has 1 aliphatic heterocycles. The van der Waals surface area contributed by atoms with Crippen molar-refractivity contribution in [1.29, 1.82) is 0 Å². The molecule has 1 N–H and O–H groups in total. The van der Waals surface area contributed by atoms with Gasteiger partial charge in [0.05, 0.1) is 12.8 Å². The SMILES string of the molecule is COc1c(F)cccc1CN1CCCC2(CCc3c2nc(-c2cccnc2)[nH]c3=O)C1. The highest BCUT2D eigenvalue weighted by molar-refractivity contribution is 5.54. The molecule has 3 heterocycles. The molecular formula is C24H25FN4O2. The first-order valence-corrected chi connectivity index (χ1v) is 10.7. The summed E-state index contributed by atoms with van der Waals surface area (Å²) in [5.74, 6) is 0.539. The molecule has 5 rings (SSSR count). The molecule has 1 spiro atoms. The third kappa shape index (κ3) is 3.53. The third-order valence-corrected chi connectivity index (χ3v) is 6.61. The van der Waals surface area contributed by atoms with Crippen LogP contribution in [0.25, 0.3) is 11.4 Å². The molecule has 31 heavy (non-hydrogen) atoms. The lowest BCUT2D eigenvalue weighted by Gasteiger charge is -2.40. The van der Waals surface area contributed by atoms with E-state index in [1.807, 2.05) is 18.2 Å². The lowest BCUT2D eigenvalue weighted by atomic mass is 9.77. The van der Waals surface area contributed by atoms with E-state index in [1.165, 1.54) is 13.2 Å². The van der Waals surface area contributed by atoms with Crippen molar-refractivity contribution in [2.75, 3.05) is 20.2 Å². The maximum Gasteiger partial charge on any atom is 0.254 e. The van der Waals surface area contributed by atoms with Crippen LogP contribution in [0.5, 0.6) is 5.75 Å². The van der Waals surface area contributed by atoms with E-state index in [4.69, 9.17) is 9.72 Å². The van der Waals surface area contributed by atoms with Crippen molar-refractivity contribution in [1.82, 2.24) is 19.9 Å². The Morgan fingerprint density at radius 2 is 2.16 bits per heavy atom. The zero-order valence-corrected chi connectivity index (χ0v) is 17.5. The van der Waals surface area contributed by atoms with E-state index >= 15 is 0 Å². The molecule has 3 aromatic rings. The van der Waals surface area contributed by atoms with Gasteiger partial charge in [0.15, 0.2) is 11.6 Å². The Bertz CT molecular complexity index is 1160. The molecule has 1 saturated heterocycles. The van der Waals surface area contributed by atoms with Crippen LogP contribution in [0, 0.1) is 5.82 Å². The fourth-order valence-electron chi connectivity index (χ4n) is 5.20. The second-order valence-electron chi connectivity index (χ2n) is 8.51. The van der Waals surface area contributed by atoms with Gasteiger partial charge in [-0.25, -0.2) is 9.37 Å². The van der Waals surface area contributed by atoms with Crippen molar-refractivity contribution in [3.8, 4) is 17.1 Å². The van der Waals surface area contributed by atoms with E-state index in [0.717, 1.165) is 61.2 Å². The number of piperidine rings is 1. The molecule has 1 fully saturated rings. The lowest BCUT2D eigenvalue weighted by Crippen LogP contribution is -2.45. The number of nitrogens with zero attached hydrogens (tertiary/aromatic N) is 3. The van der Waals surface area contributed by atoms with Gasteiger partial charge in [0.1, 0.15) is 5.82 Å². The molecule has 2 aliphatic rings. The molecule has 2 aromatic heterocycles. The Kier molecular flexibility index (Phi) is 5.06. The molecule has 1 unspecified atom stereocenters. The van der Waals surface area contributed by atoms with Crippen LogP contribution in [-0.4, -0.2) is 40.1 Å². The number of H-pyrrole nitrogens is 1. The largest absolute Gasteiger partial charge is 0.493 e. The van der Waals surface area contributed by atoms with Crippen molar-refractivity contribution >= 4 is 0 Å². The van der Waals surface area contributed by atoms with Crippen LogP contribution in [0.3, 0.4) is 0 Å². The number of fused-ring (bicyclic) bond motifs is 2. The molecule has 7 heteroatoms. The number of ether oxygens (including phenoxy) is 1. The molecule has 160 valence electrons. The van der Waals surface area contributed by atoms with Crippen LogP contribution in [0.15, 0.2) is 47.5 Å². The summed E-state index contributed by atoms with van der Waals surface area (Å²) in [7, 11) is 1.50. The quantitative estimate of drug-likeness (QED) is 0.700. The molecule has 1 aliphatic carbocycles. The highest BCUT2D eigenvalue weighted by Crippen LogP contribution is 2.44. The third-order valence-electron chi connectivity index (χ3n) is 6.61. The minimum Gasteiger partial charge on any atom is -0.493 e. The van der Waals surface area contributed by atoms with E-state index in [9.17, 15) is 9.18 Å². The van der Waals surface area contributed by atoms with E-state index in [0.29, 0.717) is 18.1 Å². The number of para-hydroxylation sites is 1. The zero-order valence-electron chi connectivity index (χ0n) is 17.5. The maximum absolute atomic E-state index is 14.1. The first-order valence-electron chi connectivity index (χ1n) is 10.7. The van der Waals surface area contributed by atoms with Crippen molar-refractivity contribution in [2.45, 2.75) is 37.6 Å². The summed E-state index contributed by atoms with van der Waals surface area (Å²) in [4.78, 5) is 27.2. The van der Waals surface area contributed by atoms with E-state index in [1.54, 1.807) is 18.5 Å². The number of hydrogen-bond donors (Lipinski definition) is 1. The summed E-state index contributed by atoms with van der Waals surface area (Å²) in [6, 6.07) is 8.80. The number of halogens is 1. The highest BCUT2D eigenvalue weighted by Gasteiger charge is 2.44. The Morgan fingerprint density at radius 1 is 1.26 bits per heavy atom. The smallest absolute Gasteiger partial charge is 0.254 e. The number of pyridine rings is 1. The Hall–Kier alpha value is -3.06. The molecule has 6 nitrogen and oxygen atoms in total. The van der Waals surface area contributed by atoms with Crippen LogP contribution in [0.2, 0.25) is 0 Å². The Labute approximate surface area is 180 Å². The zero-order chi connectivity index (χ0) is 21.4. The number of hydrogen-bond acceptors (Lipinski definition) is 5. The molecule has 0 saturated carbocycles. The molecule has 1 aromatic carbocycles. The molecule has 0 radical (unpaired) electrons. The van der Waals surface area contributed by atoms with Crippen LogP contribution in [0.4, 0.5) is 4.39 Å². The summed E-state index contributed by atoms with van der Waals surface area (Å²) in [5, 5.41) is 0. The van der Waals surface area contributed by atoms with Crippen molar-refractivity contribution in [3.05, 3.63) is 75.7 Å². The second kappa shape index (κ2) is 7.89. The first-order chi connectivity index (χ1) is 15.1. The predicted octanol–water partition coefficient (Wildman–Crippen LogP) is 3.46. The number of likely N-dealkylation sites (tertiary alicyclic amines) is 1. The predicted molar refractivity (Wildman–Crippen MR) is 116 cm³/mol. The number of aromatic amines is 1. The van der Waals surface area contributed by atoms with Gasteiger partial charge in [0.25, 0.3) is 5.56 Å². The van der Waals surface area contributed by atoms with Crippen molar-refractivity contribution < 1.29 is 9.13 Å². The van der Waals surface area contributed by atoms with Gasteiger partial charge < -0.3 is 9.72 Å². The summed E-state index contributed by atoms with van der Waals surface area (Å²) >= 11 is 0. The van der Waals surface area contributed by atoms with E-state index in [2.05, 4.69) is 14.9 Å². The maximum atomic E-state index is 14.1. The molecule has 1 atom stereocenters. The number of benzene rings is 1. The topological polar surface area (TPSA) is 71.1 Å². The van der Waals surface area contributed by atoms with Crippen LogP contribution in [-0.2, 0) is 18.4 Å². The van der Waals surface area contributed by atoms with Gasteiger partial charge in [-0.3, -0.25) is 14.7 Å².